The van der Waals surface area contributed by atoms with E-state index in [1.54, 1.807) is 43.5 Å². The molecule has 0 spiro atoms. The van der Waals surface area contributed by atoms with Crippen LogP contribution < -0.4 is 14.4 Å². The van der Waals surface area contributed by atoms with Crippen molar-refractivity contribution >= 4 is 44.5 Å². The highest BCUT2D eigenvalue weighted by Crippen LogP contribution is 2.44. The third-order valence-electron chi connectivity index (χ3n) is 6.00. The second-order valence-corrected chi connectivity index (χ2v) is 9.29. The van der Waals surface area contributed by atoms with Gasteiger partial charge in [-0.15, -0.1) is 0 Å². The third kappa shape index (κ3) is 4.71. The predicted octanol–water partition coefficient (Wildman–Crippen LogP) is 5.89. The molecule has 0 aliphatic carbocycles. The Balaban J connectivity index is 1.59. The maximum atomic E-state index is 13.4. The molecular formula is C29H24N2O5S. The standard InChI is InChI=1S/C29H24N2O5S/c1-3-36-20-12-10-19(11-13-20)26-25(23(32)16-9-18-7-5-4-6-8-18)27(33)28(34)31(26)29-30-22-15-14-21(35-2)17-24(22)37-29/h4-17,26,33H,3H2,1-2H3/b16-9+. The smallest absolute Gasteiger partial charge is 0.296 e. The van der Waals surface area contributed by atoms with E-state index in [2.05, 4.69) is 4.98 Å². The summed E-state index contributed by atoms with van der Waals surface area (Å²) < 4.78 is 11.7. The Labute approximate surface area is 217 Å². The van der Waals surface area contributed by atoms with Crippen LogP contribution in [-0.4, -0.2) is 35.5 Å². The van der Waals surface area contributed by atoms with Crippen LogP contribution in [0.3, 0.4) is 0 Å². The van der Waals surface area contributed by atoms with Crippen LogP contribution in [0.5, 0.6) is 11.5 Å². The lowest BCUT2D eigenvalue weighted by Crippen LogP contribution is -2.30. The summed E-state index contributed by atoms with van der Waals surface area (Å²) >= 11 is 1.29. The first-order chi connectivity index (χ1) is 18.0. The number of ketones is 1. The van der Waals surface area contributed by atoms with E-state index >= 15 is 0 Å². The molecule has 186 valence electrons. The van der Waals surface area contributed by atoms with Crippen molar-refractivity contribution in [1.29, 1.82) is 0 Å². The average Bonchev–Trinajstić information content (AvgIpc) is 3.46. The second kappa shape index (κ2) is 10.3. The van der Waals surface area contributed by atoms with E-state index in [1.807, 2.05) is 49.4 Å². The number of carbonyl (C=O) groups is 2. The van der Waals surface area contributed by atoms with E-state index in [-0.39, 0.29) is 5.57 Å². The molecule has 0 fully saturated rings. The Bertz CT molecular complexity index is 1520. The van der Waals surface area contributed by atoms with E-state index in [1.165, 1.54) is 22.3 Å². The van der Waals surface area contributed by atoms with E-state index in [0.717, 1.165) is 10.3 Å². The van der Waals surface area contributed by atoms with Crippen molar-refractivity contribution in [2.24, 2.45) is 0 Å². The minimum Gasteiger partial charge on any atom is -0.503 e. The van der Waals surface area contributed by atoms with Crippen molar-refractivity contribution in [2.45, 2.75) is 13.0 Å². The summed E-state index contributed by atoms with van der Waals surface area (Å²) in [5.74, 6) is -0.390. The van der Waals surface area contributed by atoms with Crippen molar-refractivity contribution in [3.8, 4) is 11.5 Å². The molecule has 5 rings (SSSR count). The quantitative estimate of drug-likeness (QED) is 0.296. The first-order valence-corrected chi connectivity index (χ1v) is 12.5. The number of thiazole rings is 1. The zero-order valence-electron chi connectivity index (χ0n) is 20.3. The Kier molecular flexibility index (Phi) is 6.74. The molecule has 1 unspecified atom stereocenters. The summed E-state index contributed by atoms with van der Waals surface area (Å²) in [6.07, 6.45) is 3.04. The van der Waals surface area contributed by atoms with E-state index in [4.69, 9.17) is 9.47 Å². The zero-order chi connectivity index (χ0) is 25.9. The maximum absolute atomic E-state index is 13.4. The second-order valence-electron chi connectivity index (χ2n) is 8.28. The third-order valence-corrected chi connectivity index (χ3v) is 7.02. The van der Waals surface area contributed by atoms with E-state index < -0.39 is 23.5 Å². The van der Waals surface area contributed by atoms with Gasteiger partial charge in [0.05, 0.1) is 35.5 Å². The SMILES string of the molecule is CCOc1ccc(C2C(C(=O)/C=C/c3ccccc3)=C(O)C(=O)N2c2nc3ccc(OC)cc3s2)cc1. The topological polar surface area (TPSA) is 89.0 Å². The number of ether oxygens (including phenoxy) is 2. The molecule has 1 aliphatic rings. The summed E-state index contributed by atoms with van der Waals surface area (Å²) in [5, 5.41) is 11.3. The molecule has 0 saturated heterocycles. The van der Waals surface area contributed by atoms with Gasteiger partial charge in [0.2, 0.25) is 0 Å². The van der Waals surface area contributed by atoms with Crippen LogP contribution in [0.15, 0.2) is 90.2 Å². The van der Waals surface area contributed by atoms with Crippen molar-refractivity contribution in [3.63, 3.8) is 0 Å². The summed E-state index contributed by atoms with van der Waals surface area (Å²) in [7, 11) is 1.58. The lowest BCUT2D eigenvalue weighted by molar-refractivity contribution is -0.117. The molecule has 1 aliphatic heterocycles. The maximum Gasteiger partial charge on any atom is 0.296 e. The molecule has 0 radical (unpaired) electrons. The molecular weight excluding hydrogens is 488 g/mol. The van der Waals surface area contributed by atoms with Crippen LogP contribution in [0.25, 0.3) is 16.3 Å². The molecule has 0 bridgehead atoms. The number of aromatic nitrogens is 1. The first kappa shape index (κ1) is 24.3. The number of aliphatic hydroxyl groups excluding tert-OH is 1. The van der Waals surface area contributed by atoms with Gasteiger partial charge in [0.1, 0.15) is 11.5 Å². The van der Waals surface area contributed by atoms with Gasteiger partial charge in [-0.3, -0.25) is 14.5 Å². The molecule has 1 aromatic heterocycles. The highest BCUT2D eigenvalue weighted by atomic mass is 32.1. The number of methoxy groups -OCH3 is 1. The van der Waals surface area contributed by atoms with Gasteiger partial charge in [0, 0.05) is 0 Å². The van der Waals surface area contributed by atoms with Crippen molar-refractivity contribution in [1.82, 2.24) is 4.98 Å². The number of carbonyl (C=O) groups excluding carboxylic acids is 2. The number of aliphatic hydroxyl groups is 1. The largest absolute Gasteiger partial charge is 0.503 e. The van der Waals surface area contributed by atoms with Crippen LogP contribution in [0.4, 0.5) is 5.13 Å². The number of hydrogen-bond donors (Lipinski definition) is 1. The summed E-state index contributed by atoms with van der Waals surface area (Å²) in [4.78, 5) is 32.8. The van der Waals surface area contributed by atoms with Gasteiger partial charge in [-0.2, -0.15) is 0 Å². The van der Waals surface area contributed by atoms with Crippen LogP contribution in [0.1, 0.15) is 24.1 Å². The highest BCUT2D eigenvalue weighted by Gasteiger charge is 2.45. The van der Waals surface area contributed by atoms with Crippen molar-refractivity contribution in [2.75, 3.05) is 18.6 Å². The van der Waals surface area contributed by atoms with Gasteiger partial charge in [0.15, 0.2) is 16.7 Å². The van der Waals surface area contributed by atoms with Crippen molar-refractivity contribution in [3.05, 3.63) is 101 Å². The lowest BCUT2D eigenvalue weighted by Gasteiger charge is -2.24. The first-order valence-electron chi connectivity index (χ1n) is 11.7. The zero-order valence-corrected chi connectivity index (χ0v) is 21.1. The molecule has 4 aromatic rings. The number of anilines is 1. The Morgan fingerprint density at radius 2 is 1.81 bits per heavy atom. The Morgan fingerprint density at radius 1 is 1.08 bits per heavy atom. The highest BCUT2D eigenvalue weighted by molar-refractivity contribution is 7.22. The number of benzene rings is 3. The lowest BCUT2D eigenvalue weighted by atomic mass is 9.95. The van der Waals surface area contributed by atoms with E-state index in [0.29, 0.717) is 34.3 Å². The predicted molar refractivity (Wildman–Crippen MR) is 144 cm³/mol. The van der Waals surface area contributed by atoms with Crippen LogP contribution in [0, 0.1) is 0 Å². The van der Waals surface area contributed by atoms with Crippen molar-refractivity contribution < 1.29 is 24.2 Å². The minimum atomic E-state index is -0.862. The molecule has 1 amide bonds. The number of hydrogen-bond acceptors (Lipinski definition) is 7. The molecule has 0 saturated carbocycles. The molecule has 1 N–H and O–H groups in total. The summed E-state index contributed by atoms with van der Waals surface area (Å²) in [5.41, 5.74) is 2.16. The minimum absolute atomic E-state index is 0.00169. The fourth-order valence-corrected chi connectivity index (χ4v) is 5.25. The normalized spacial score (nSPS) is 15.7. The monoisotopic (exact) mass is 512 g/mol. The number of nitrogens with zero attached hydrogens (tertiary/aromatic N) is 2. The van der Waals surface area contributed by atoms with Gasteiger partial charge in [-0.1, -0.05) is 59.9 Å². The molecule has 8 heteroatoms. The summed E-state index contributed by atoms with van der Waals surface area (Å²) in [6, 6.07) is 21.1. The number of allylic oxidation sites excluding steroid dienone is 1. The van der Waals surface area contributed by atoms with Crippen LogP contribution >= 0.6 is 11.3 Å². The average molecular weight is 513 g/mol. The number of rotatable bonds is 8. The van der Waals surface area contributed by atoms with Gasteiger partial charge >= 0.3 is 0 Å². The fourth-order valence-electron chi connectivity index (χ4n) is 4.23. The molecule has 3 aromatic carbocycles. The molecule has 2 heterocycles. The number of fused-ring (bicyclic) bond motifs is 1. The van der Waals surface area contributed by atoms with Gasteiger partial charge < -0.3 is 14.6 Å². The van der Waals surface area contributed by atoms with Crippen LogP contribution in [0.2, 0.25) is 0 Å². The van der Waals surface area contributed by atoms with Crippen LogP contribution in [-0.2, 0) is 9.59 Å². The molecule has 1 atom stereocenters. The Morgan fingerprint density at radius 3 is 2.51 bits per heavy atom. The number of amides is 1. The Hall–Kier alpha value is -4.43. The van der Waals surface area contributed by atoms with Gasteiger partial charge in [-0.05, 0) is 54.5 Å². The van der Waals surface area contributed by atoms with Gasteiger partial charge in [-0.25, -0.2) is 4.98 Å². The fraction of sp³-hybridized carbons (Fsp3) is 0.138. The van der Waals surface area contributed by atoms with E-state index in [9.17, 15) is 14.7 Å². The molecule has 7 nitrogen and oxygen atoms in total. The molecule has 37 heavy (non-hydrogen) atoms. The summed E-state index contributed by atoms with van der Waals surface area (Å²) in [6.45, 7) is 2.40. The van der Waals surface area contributed by atoms with Gasteiger partial charge in [0.25, 0.3) is 5.91 Å².